The van der Waals surface area contributed by atoms with Crippen LogP contribution in [0.2, 0.25) is 0 Å². The van der Waals surface area contributed by atoms with Gasteiger partial charge in [-0.3, -0.25) is 4.79 Å². The van der Waals surface area contributed by atoms with E-state index in [2.05, 4.69) is 19.2 Å². The van der Waals surface area contributed by atoms with E-state index >= 15 is 0 Å². The molecule has 1 amide bonds. The topological polar surface area (TPSA) is 38.3 Å². The predicted molar refractivity (Wildman–Crippen MR) is 68.1 cm³/mol. The highest BCUT2D eigenvalue weighted by Crippen LogP contribution is 2.30. The molecule has 17 heavy (non-hydrogen) atoms. The molecule has 1 aliphatic carbocycles. The number of benzene rings is 1. The van der Waals surface area contributed by atoms with Crippen molar-refractivity contribution in [3.05, 3.63) is 24.3 Å². The molecule has 0 spiro atoms. The molecule has 1 fully saturated rings. The molecule has 0 atom stereocenters. The van der Waals surface area contributed by atoms with Crippen molar-refractivity contribution in [1.29, 1.82) is 0 Å². The maximum atomic E-state index is 11.5. The zero-order chi connectivity index (χ0) is 12.3. The summed E-state index contributed by atoms with van der Waals surface area (Å²) in [6, 6.07) is 7.56. The Kier molecular flexibility index (Phi) is 3.67. The third-order valence-electron chi connectivity index (χ3n) is 2.65. The first-order valence-corrected chi connectivity index (χ1v) is 6.19. The summed E-state index contributed by atoms with van der Waals surface area (Å²) in [5, 5.41) is 2.90. The molecule has 0 bridgehead atoms. The average Bonchev–Trinajstić information content (AvgIpc) is 3.12. The van der Waals surface area contributed by atoms with E-state index in [0.29, 0.717) is 12.5 Å². The lowest BCUT2D eigenvalue weighted by Gasteiger charge is -2.09. The van der Waals surface area contributed by atoms with Crippen molar-refractivity contribution in [1.82, 2.24) is 0 Å². The van der Waals surface area contributed by atoms with Crippen molar-refractivity contribution in [2.75, 3.05) is 11.9 Å². The molecule has 0 saturated heterocycles. The van der Waals surface area contributed by atoms with Crippen molar-refractivity contribution in [3.8, 4) is 5.75 Å². The van der Waals surface area contributed by atoms with Crippen LogP contribution in [-0.2, 0) is 4.79 Å². The van der Waals surface area contributed by atoms with Crippen LogP contribution in [0.5, 0.6) is 5.75 Å². The number of carbonyl (C=O) groups is 1. The lowest BCUT2D eigenvalue weighted by Crippen LogP contribution is -2.13. The van der Waals surface area contributed by atoms with Crippen LogP contribution in [0.15, 0.2) is 24.3 Å². The third kappa shape index (κ3) is 3.77. The maximum absolute atomic E-state index is 11.5. The lowest BCUT2D eigenvalue weighted by molar-refractivity contribution is -0.117. The fourth-order valence-electron chi connectivity index (χ4n) is 1.49. The summed E-state index contributed by atoms with van der Waals surface area (Å²) >= 11 is 0. The van der Waals surface area contributed by atoms with Crippen molar-refractivity contribution in [2.45, 2.75) is 26.7 Å². The van der Waals surface area contributed by atoms with E-state index in [4.69, 9.17) is 4.74 Å². The number of hydrogen-bond donors (Lipinski definition) is 1. The summed E-state index contributed by atoms with van der Waals surface area (Å²) < 4.78 is 5.57. The molecule has 3 nitrogen and oxygen atoms in total. The van der Waals surface area contributed by atoms with Crippen molar-refractivity contribution < 1.29 is 9.53 Å². The molecular weight excluding hydrogens is 214 g/mol. The minimum Gasteiger partial charge on any atom is -0.493 e. The predicted octanol–water partition coefficient (Wildman–Crippen LogP) is 3.07. The highest BCUT2D eigenvalue weighted by atomic mass is 16.5. The third-order valence-corrected chi connectivity index (χ3v) is 2.65. The van der Waals surface area contributed by atoms with Crippen LogP contribution in [0.25, 0.3) is 0 Å². The zero-order valence-corrected chi connectivity index (χ0v) is 10.4. The monoisotopic (exact) mass is 233 g/mol. The number of hydrogen-bond acceptors (Lipinski definition) is 2. The minimum absolute atomic E-state index is 0.140. The number of carbonyl (C=O) groups excluding carboxylic acids is 1. The number of ether oxygens (including phenoxy) is 1. The first-order chi connectivity index (χ1) is 8.15. The Hall–Kier alpha value is -1.51. The van der Waals surface area contributed by atoms with Gasteiger partial charge in [0.1, 0.15) is 5.75 Å². The van der Waals surface area contributed by atoms with Crippen LogP contribution in [0.4, 0.5) is 5.69 Å². The van der Waals surface area contributed by atoms with E-state index < -0.39 is 0 Å². The Bertz CT molecular complexity index is 380. The summed E-state index contributed by atoms with van der Waals surface area (Å²) in [4.78, 5) is 11.5. The summed E-state index contributed by atoms with van der Waals surface area (Å²) in [5.74, 6) is 1.75. The van der Waals surface area contributed by atoms with Gasteiger partial charge in [-0.15, -0.1) is 0 Å². The Labute approximate surface area is 102 Å². The van der Waals surface area contributed by atoms with Gasteiger partial charge < -0.3 is 10.1 Å². The Morgan fingerprint density at radius 2 is 2.00 bits per heavy atom. The molecule has 1 aromatic carbocycles. The van der Waals surface area contributed by atoms with Gasteiger partial charge in [0.2, 0.25) is 5.91 Å². The van der Waals surface area contributed by atoms with Crippen molar-refractivity contribution in [3.63, 3.8) is 0 Å². The second kappa shape index (κ2) is 5.21. The van der Waals surface area contributed by atoms with Crippen LogP contribution in [0.1, 0.15) is 26.7 Å². The van der Waals surface area contributed by atoms with Gasteiger partial charge in [-0.1, -0.05) is 13.8 Å². The summed E-state index contributed by atoms with van der Waals surface area (Å²) in [6.45, 7) is 4.95. The fourth-order valence-corrected chi connectivity index (χ4v) is 1.49. The highest BCUT2D eigenvalue weighted by molar-refractivity contribution is 5.94. The van der Waals surface area contributed by atoms with E-state index in [1.54, 1.807) is 0 Å². The molecule has 1 saturated carbocycles. The van der Waals surface area contributed by atoms with Gasteiger partial charge in [0, 0.05) is 11.6 Å². The average molecular weight is 233 g/mol. The smallest absolute Gasteiger partial charge is 0.227 e. The van der Waals surface area contributed by atoms with Gasteiger partial charge in [0.05, 0.1) is 6.61 Å². The number of amides is 1. The molecule has 0 aromatic heterocycles. The molecule has 1 aromatic rings. The molecule has 3 heteroatoms. The molecule has 2 rings (SSSR count). The van der Waals surface area contributed by atoms with Gasteiger partial charge in [0.15, 0.2) is 0 Å². The van der Waals surface area contributed by atoms with E-state index in [1.807, 2.05) is 24.3 Å². The molecule has 0 heterocycles. The van der Waals surface area contributed by atoms with Gasteiger partial charge in [0.25, 0.3) is 0 Å². The number of nitrogens with one attached hydrogen (secondary N) is 1. The van der Waals surface area contributed by atoms with Crippen molar-refractivity contribution in [2.24, 2.45) is 11.8 Å². The number of anilines is 1. The zero-order valence-electron chi connectivity index (χ0n) is 10.4. The summed E-state index contributed by atoms with van der Waals surface area (Å²) in [7, 11) is 0. The summed E-state index contributed by atoms with van der Waals surface area (Å²) in [6.07, 6.45) is 2.06. The van der Waals surface area contributed by atoms with Crippen LogP contribution >= 0.6 is 0 Å². The van der Waals surface area contributed by atoms with E-state index in [1.165, 1.54) is 0 Å². The minimum atomic E-state index is 0.140. The normalized spacial score (nSPS) is 14.8. The van der Waals surface area contributed by atoms with Crippen LogP contribution in [0.3, 0.4) is 0 Å². The Balaban J connectivity index is 1.86. The van der Waals surface area contributed by atoms with E-state index in [-0.39, 0.29) is 11.8 Å². The Morgan fingerprint density at radius 3 is 2.53 bits per heavy atom. The second-order valence-electron chi connectivity index (χ2n) is 4.99. The van der Waals surface area contributed by atoms with Gasteiger partial charge in [-0.25, -0.2) is 0 Å². The molecule has 1 N–H and O–H groups in total. The van der Waals surface area contributed by atoms with Crippen LogP contribution in [-0.4, -0.2) is 12.5 Å². The van der Waals surface area contributed by atoms with Crippen molar-refractivity contribution >= 4 is 11.6 Å². The maximum Gasteiger partial charge on any atom is 0.227 e. The first kappa shape index (κ1) is 12.0. The van der Waals surface area contributed by atoms with E-state index in [0.717, 1.165) is 24.3 Å². The summed E-state index contributed by atoms with van der Waals surface area (Å²) in [5.41, 5.74) is 0.846. The molecule has 1 aliphatic rings. The molecule has 0 radical (unpaired) electrons. The van der Waals surface area contributed by atoms with Gasteiger partial charge in [-0.05, 0) is 43.0 Å². The standard InChI is InChI=1S/C14H19NO2/c1-10(2)9-17-13-7-5-12(6-8-13)15-14(16)11-3-4-11/h5-8,10-11H,3-4,9H2,1-2H3,(H,15,16). The number of rotatable bonds is 5. The van der Waals surface area contributed by atoms with Crippen LogP contribution < -0.4 is 10.1 Å². The quantitative estimate of drug-likeness (QED) is 0.848. The second-order valence-corrected chi connectivity index (χ2v) is 4.99. The fraction of sp³-hybridized carbons (Fsp3) is 0.500. The molecule has 92 valence electrons. The molecular formula is C14H19NO2. The van der Waals surface area contributed by atoms with Gasteiger partial charge >= 0.3 is 0 Å². The Morgan fingerprint density at radius 1 is 1.35 bits per heavy atom. The van der Waals surface area contributed by atoms with Gasteiger partial charge in [-0.2, -0.15) is 0 Å². The SMILES string of the molecule is CC(C)COc1ccc(NC(=O)C2CC2)cc1. The largest absolute Gasteiger partial charge is 0.493 e. The van der Waals surface area contributed by atoms with Crippen LogP contribution in [0, 0.1) is 11.8 Å². The van der Waals surface area contributed by atoms with E-state index in [9.17, 15) is 4.79 Å². The molecule has 0 aliphatic heterocycles. The molecule has 0 unspecified atom stereocenters. The lowest BCUT2D eigenvalue weighted by atomic mass is 10.2. The highest BCUT2D eigenvalue weighted by Gasteiger charge is 2.29. The first-order valence-electron chi connectivity index (χ1n) is 6.19.